The quantitative estimate of drug-likeness (QED) is 0.159. The second-order valence-corrected chi connectivity index (χ2v) is 13.0. The lowest BCUT2D eigenvalue weighted by Gasteiger charge is -2.12. The number of pyridine rings is 3. The van der Waals surface area contributed by atoms with Crippen molar-refractivity contribution in [3.05, 3.63) is 200 Å². The summed E-state index contributed by atoms with van der Waals surface area (Å²) >= 11 is 0. The minimum Gasteiger partial charge on any atom is -0.255 e. The highest BCUT2D eigenvalue weighted by Gasteiger charge is 2.14. The van der Waals surface area contributed by atoms with Crippen molar-refractivity contribution in [3.63, 3.8) is 0 Å². The number of benzene rings is 5. The third-order valence-electron chi connectivity index (χ3n) is 9.35. The predicted molar refractivity (Wildman–Crippen MR) is 219 cm³/mol. The SMILES string of the molecule is c1ccc(-c2cc(-c3ccccn3)nc(-c3cccc(-c4cccc(-c5cccc(-c6cc(-c7ccccc7)nc(-c7ccccc7)n6)c5)c4)n3)c2)cc1. The van der Waals surface area contributed by atoms with Crippen LogP contribution in [-0.2, 0) is 0 Å². The maximum absolute atomic E-state index is 5.16. The van der Waals surface area contributed by atoms with E-state index in [-0.39, 0.29) is 0 Å². The topological polar surface area (TPSA) is 64.5 Å². The molecule has 0 amide bonds. The van der Waals surface area contributed by atoms with E-state index in [9.17, 15) is 0 Å². The summed E-state index contributed by atoms with van der Waals surface area (Å²) in [5, 5.41) is 0. The zero-order chi connectivity index (χ0) is 36.1. The molecule has 0 aliphatic carbocycles. The van der Waals surface area contributed by atoms with Gasteiger partial charge in [0.2, 0.25) is 0 Å². The Labute approximate surface area is 314 Å². The highest BCUT2D eigenvalue weighted by Crippen LogP contribution is 2.33. The summed E-state index contributed by atoms with van der Waals surface area (Å²) in [5.74, 6) is 0.696. The van der Waals surface area contributed by atoms with E-state index < -0.39 is 0 Å². The molecule has 0 spiro atoms. The molecule has 0 aliphatic rings. The van der Waals surface area contributed by atoms with Crippen molar-refractivity contribution in [2.24, 2.45) is 0 Å². The minimum atomic E-state index is 0.696. The van der Waals surface area contributed by atoms with Gasteiger partial charge in [-0.25, -0.2) is 19.9 Å². The van der Waals surface area contributed by atoms with Crippen LogP contribution in [0.1, 0.15) is 0 Å². The van der Waals surface area contributed by atoms with Crippen LogP contribution in [0.4, 0.5) is 0 Å². The summed E-state index contributed by atoms with van der Waals surface area (Å²) in [6.45, 7) is 0. The smallest absolute Gasteiger partial charge is 0.160 e. The van der Waals surface area contributed by atoms with Gasteiger partial charge in [0, 0.05) is 28.5 Å². The van der Waals surface area contributed by atoms with E-state index >= 15 is 0 Å². The fourth-order valence-electron chi connectivity index (χ4n) is 6.63. The molecule has 9 rings (SSSR count). The van der Waals surface area contributed by atoms with Crippen molar-refractivity contribution in [2.75, 3.05) is 0 Å². The first-order chi connectivity index (χ1) is 26.7. The molecule has 5 heteroatoms. The largest absolute Gasteiger partial charge is 0.255 e. The van der Waals surface area contributed by atoms with Crippen molar-refractivity contribution >= 4 is 0 Å². The molecule has 54 heavy (non-hydrogen) atoms. The van der Waals surface area contributed by atoms with Gasteiger partial charge in [0.1, 0.15) is 0 Å². The molecule has 0 N–H and O–H groups in total. The summed E-state index contributed by atoms with van der Waals surface area (Å²) in [6, 6.07) is 66.1. The van der Waals surface area contributed by atoms with Gasteiger partial charge in [-0.05, 0) is 76.9 Å². The van der Waals surface area contributed by atoms with Crippen LogP contribution in [0.15, 0.2) is 200 Å². The molecule has 0 saturated carbocycles. The summed E-state index contributed by atoms with van der Waals surface area (Å²) in [7, 11) is 0. The molecule has 5 nitrogen and oxygen atoms in total. The monoisotopic (exact) mass is 691 g/mol. The minimum absolute atomic E-state index is 0.696. The summed E-state index contributed by atoms with van der Waals surface area (Å²) < 4.78 is 0. The molecule has 4 aromatic heterocycles. The average molecular weight is 692 g/mol. The van der Waals surface area contributed by atoms with E-state index in [4.69, 9.17) is 19.9 Å². The van der Waals surface area contributed by atoms with E-state index in [1.54, 1.807) is 6.20 Å². The Bertz CT molecular complexity index is 2400. The molecule has 0 bridgehead atoms. The average Bonchev–Trinajstić information content (AvgIpc) is 3.27. The molecule has 5 aromatic carbocycles. The van der Waals surface area contributed by atoms with Gasteiger partial charge in [-0.3, -0.25) is 4.98 Å². The van der Waals surface area contributed by atoms with Crippen LogP contribution in [0.3, 0.4) is 0 Å². The first kappa shape index (κ1) is 32.5. The van der Waals surface area contributed by atoms with E-state index in [1.807, 2.05) is 84.9 Å². The number of hydrogen-bond acceptors (Lipinski definition) is 5. The van der Waals surface area contributed by atoms with Gasteiger partial charge < -0.3 is 0 Å². The van der Waals surface area contributed by atoms with Crippen molar-refractivity contribution in [1.82, 2.24) is 24.9 Å². The van der Waals surface area contributed by atoms with Crippen molar-refractivity contribution in [2.45, 2.75) is 0 Å². The molecule has 4 heterocycles. The van der Waals surface area contributed by atoms with E-state index in [1.165, 1.54) is 0 Å². The first-order valence-electron chi connectivity index (χ1n) is 17.9. The molecule has 9 aromatic rings. The molecular weight excluding hydrogens is 659 g/mol. The Balaban J connectivity index is 1.08. The summed E-state index contributed by atoms with van der Waals surface area (Å²) in [4.78, 5) is 24.8. The number of rotatable bonds is 8. The van der Waals surface area contributed by atoms with Crippen molar-refractivity contribution in [1.29, 1.82) is 0 Å². The summed E-state index contributed by atoms with van der Waals surface area (Å²) in [6.07, 6.45) is 1.80. The highest BCUT2D eigenvalue weighted by atomic mass is 14.9. The van der Waals surface area contributed by atoms with Crippen LogP contribution in [0.2, 0.25) is 0 Å². The second kappa shape index (κ2) is 14.7. The molecule has 0 unspecified atom stereocenters. The zero-order valence-electron chi connectivity index (χ0n) is 29.3. The molecule has 0 fully saturated rings. The van der Waals surface area contributed by atoms with Gasteiger partial charge in [0.25, 0.3) is 0 Å². The van der Waals surface area contributed by atoms with Gasteiger partial charge in [0.15, 0.2) is 5.82 Å². The Morgan fingerprint density at radius 3 is 1.33 bits per heavy atom. The lowest BCUT2D eigenvalue weighted by Crippen LogP contribution is -1.96. The lowest BCUT2D eigenvalue weighted by atomic mass is 9.98. The van der Waals surface area contributed by atoms with Crippen LogP contribution >= 0.6 is 0 Å². The van der Waals surface area contributed by atoms with Crippen LogP contribution < -0.4 is 0 Å². The van der Waals surface area contributed by atoms with E-state index in [0.717, 1.165) is 84.4 Å². The van der Waals surface area contributed by atoms with Gasteiger partial charge in [-0.2, -0.15) is 0 Å². The van der Waals surface area contributed by atoms with E-state index in [0.29, 0.717) is 5.82 Å². The molecule has 254 valence electrons. The number of aromatic nitrogens is 5. The molecular formula is C49H33N5. The summed E-state index contributed by atoms with van der Waals surface area (Å²) in [5.41, 5.74) is 14.2. The third-order valence-corrected chi connectivity index (χ3v) is 9.35. The van der Waals surface area contributed by atoms with Crippen LogP contribution in [0.5, 0.6) is 0 Å². The Morgan fingerprint density at radius 1 is 0.222 bits per heavy atom. The number of nitrogens with zero attached hydrogens (tertiary/aromatic N) is 5. The van der Waals surface area contributed by atoms with Crippen LogP contribution in [0, 0.1) is 0 Å². The fourth-order valence-corrected chi connectivity index (χ4v) is 6.63. The second-order valence-electron chi connectivity index (χ2n) is 13.0. The zero-order valence-corrected chi connectivity index (χ0v) is 29.3. The van der Waals surface area contributed by atoms with Gasteiger partial charge in [-0.1, -0.05) is 140 Å². The van der Waals surface area contributed by atoms with Gasteiger partial charge >= 0.3 is 0 Å². The van der Waals surface area contributed by atoms with Crippen molar-refractivity contribution in [3.8, 4) is 90.2 Å². The Morgan fingerprint density at radius 2 is 0.685 bits per heavy atom. The normalized spacial score (nSPS) is 11.0. The third kappa shape index (κ3) is 6.94. The fraction of sp³-hybridized carbons (Fsp3) is 0. The highest BCUT2D eigenvalue weighted by molar-refractivity contribution is 5.79. The molecule has 0 saturated heterocycles. The maximum Gasteiger partial charge on any atom is 0.160 e. The van der Waals surface area contributed by atoms with Gasteiger partial charge in [-0.15, -0.1) is 0 Å². The Kier molecular flexibility index (Phi) is 8.86. The Hall–Kier alpha value is -7.37. The van der Waals surface area contributed by atoms with Crippen molar-refractivity contribution < 1.29 is 0 Å². The number of hydrogen-bond donors (Lipinski definition) is 0. The van der Waals surface area contributed by atoms with Gasteiger partial charge in [0.05, 0.1) is 39.9 Å². The molecule has 0 radical (unpaired) electrons. The molecule has 0 aliphatic heterocycles. The maximum atomic E-state index is 5.16. The molecule has 0 atom stereocenters. The lowest BCUT2D eigenvalue weighted by molar-refractivity contribution is 1.18. The van der Waals surface area contributed by atoms with E-state index in [2.05, 4.69) is 114 Å². The first-order valence-corrected chi connectivity index (χ1v) is 17.9. The van der Waals surface area contributed by atoms with Crippen LogP contribution in [0.25, 0.3) is 90.2 Å². The van der Waals surface area contributed by atoms with Crippen LogP contribution in [-0.4, -0.2) is 24.9 Å². The predicted octanol–water partition coefficient (Wildman–Crippen LogP) is 12.0. The standard InChI is InChI=1S/C49H33N5/c1-4-15-34(16-5-1)41-31-47(43-25-10-11-28-50-43)52-48(32-41)44-27-14-26-42(51-44)39-23-12-21-37(29-39)38-22-13-24-40(30-38)46-33-45(35-17-6-2-7-18-35)53-49(54-46)36-19-8-3-9-20-36/h1-33H.